The molecule has 2 rings (SSSR count). The van der Waals surface area contributed by atoms with Gasteiger partial charge in [0.1, 0.15) is 0 Å². The SMILES string of the molecule is Cc1nn(CC(C)C)c(C)c1CC(=O)N1CCCCC1CNC(=O)CCN.Cl. The highest BCUT2D eigenvalue weighted by atomic mass is 35.5. The summed E-state index contributed by atoms with van der Waals surface area (Å²) in [6, 6.07) is 0.0688. The monoisotopic (exact) mass is 413 g/mol. The van der Waals surface area contributed by atoms with Crippen LogP contribution in [-0.4, -0.2) is 52.2 Å². The van der Waals surface area contributed by atoms with Gasteiger partial charge in [0.15, 0.2) is 0 Å². The Morgan fingerprint density at radius 2 is 2.00 bits per heavy atom. The summed E-state index contributed by atoms with van der Waals surface area (Å²) >= 11 is 0. The highest BCUT2D eigenvalue weighted by Crippen LogP contribution is 2.21. The van der Waals surface area contributed by atoms with Gasteiger partial charge in [0, 0.05) is 49.9 Å². The second-order valence-corrected chi connectivity index (χ2v) is 7.98. The van der Waals surface area contributed by atoms with Gasteiger partial charge in [0.25, 0.3) is 0 Å². The van der Waals surface area contributed by atoms with E-state index in [1.54, 1.807) is 0 Å². The average Bonchev–Trinajstić information content (AvgIpc) is 2.87. The zero-order chi connectivity index (χ0) is 20.0. The fourth-order valence-corrected chi connectivity index (χ4v) is 3.76. The van der Waals surface area contributed by atoms with Crippen molar-refractivity contribution in [3.63, 3.8) is 0 Å². The Hall–Kier alpha value is -1.60. The molecule has 0 spiro atoms. The summed E-state index contributed by atoms with van der Waals surface area (Å²) in [6.07, 6.45) is 3.74. The van der Waals surface area contributed by atoms with E-state index in [4.69, 9.17) is 5.73 Å². The van der Waals surface area contributed by atoms with E-state index in [0.717, 1.165) is 49.3 Å². The van der Waals surface area contributed by atoms with Crippen LogP contribution in [0.4, 0.5) is 0 Å². The first-order chi connectivity index (χ1) is 12.8. The summed E-state index contributed by atoms with van der Waals surface area (Å²) in [4.78, 5) is 26.7. The molecular weight excluding hydrogens is 378 g/mol. The lowest BCUT2D eigenvalue weighted by atomic mass is 10.00. The first-order valence-electron chi connectivity index (χ1n) is 10.1. The van der Waals surface area contributed by atoms with Gasteiger partial charge in [-0.2, -0.15) is 5.10 Å². The van der Waals surface area contributed by atoms with E-state index in [9.17, 15) is 9.59 Å². The van der Waals surface area contributed by atoms with Crippen molar-refractivity contribution in [3.8, 4) is 0 Å². The summed E-state index contributed by atoms with van der Waals surface area (Å²) in [5.41, 5.74) is 8.48. The van der Waals surface area contributed by atoms with Crippen LogP contribution in [0.1, 0.15) is 56.5 Å². The molecule has 1 saturated heterocycles. The molecular formula is C20H36ClN5O2. The van der Waals surface area contributed by atoms with Crippen LogP contribution in [0.2, 0.25) is 0 Å². The molecule has 160 valence electrons. The number of nitrogens with zero attached hydrogens (tertiary/aromatic N) is 3. The summed E-state index contributed by atoms with van der Waals surface area (Å²) in [6.45, 7) is 10.8. The number of amides is 2. The molecule has 8 heteroatoms. The molecule has 0 radical (unpaired) electrons. The third-order valence-corrected chi connectivity index (χ3v) is 5.25. The van der Waals surface area contributed by atoms with Crippen molar-refractivity contribution in [3.05, 3.63) is 17.0 Å². The number of hydrogen-bond donors (Lipinski definition) is 2. The molecule has 1 unspecified atom stereocenters. The topological polar surface area (TPSA) is 93.2 Å². The molecule has 2 heterocycles. The number of aryl methyl sites for hydroxylation is 1. The Balaban J connectivity index is 0.00000392. The number of nitrogens with one attached hydrogen (secondary N) is 1. The molecule has 0 saturated carbocycles. The van der Waals surface area contributed by atoms with Gasteiger partial charge in [-0.15, -0.1) is 12.4 Å². The molecule has 0 bridgehead atoms. The zero-order valence-electron chi connectivity index (χ0n) is 17.7. The summed E-state index contributed by atoms with van der Waals surface area (Å²) in [5, 5.41) is 7.55. The van der Waals surface area contributed by atoms with E-state index in [2.05, 4.69) is 24.3 Å². The predicted molar refractivity (Wildman–Crippen MR) is 114 cm³/mol. The Morgan fingerprint density at radius 3 is 2.64 bits per heavy atom. The lowest BCUT2D eigenvalue weighted by molar-refractivity contribution is -0.134. The Morgan fingerprint density at radius 1 is 1.29 bits per heavy atom. The minimum atomic E-state index is -0.0443. The quantitative estimate of drug-likeness (QED) is 0.681. The lowest BCUT2D eigenvalue weighted by Gasteiger charge is -2.36. The number of carbonyl (C=O) groups excluding carboxylic acids is 2. The minimum Gasteiger partial charge on any atom is -0.354 e. The van der Waals surface area contributed by atoms with Gasteiger partial charge in [-0.25, -0.2) is 0 Å². The van der Waals surface area contributed by atoms with Crippen LogP contribution >= 0.6 is 12.4 Å². The molecule has 3 N–H and O–H groups in total. The van der Waals surface area contributed by atoms with Gasteiger partial charge in [-0.05, 0) is 39.0 Å². The van der Waals surface area contributed by atoms with Crippen molar-refractivity contribution in [1.29, 1.82) is 0 Å². The van der Waals surface area contributed by atoms with Crippen molar-refractivity contribution < 1.29 is 9.59 Å². The highest BCUT2D eigenvalue weighted by Gasteiger charge is 2.28. The maximum atomic E-state index is 13.0. The first kappa shape index (κ1) is 24.4. The van der Waals surface area contributed by atoms with Crippen LogP contribution in [0, 0.1) is 19.8 Å². The number of aromatic nitrogens is 2. The zero-order valence-corrected chi connectivity index (χ0v) is 18.5. The molecule has 28 heavy (non-hydrogen) atoms. The molecule has 2 amide bonds. The number of halogens is 1. The summed E-state index contributed by atoms with van der Waals surface area (Å²) in [5.74, 6) is 0.593. The maximum Gasteiger partial charge on any atom is 0.227 e. The van der Waals surface area contributed by atoms with Crippen LogP contribution in [-0.2, 0) is 22.6 Å². The Kier molecular flexibility index (Phi) is 9.96. The van der Waals surface area contributed by atoms with Crippen molar-refractivity contribution in [2.24, 2.45) is 11.7 Å². The molecule has 1 aromatic rings. The van der Waals surface area contributed by atoms with Crippen LogP contribution in [0.25, 0.3) is 0 Å². The van der Waals surface area contributed by atoms with E-state index < -0.39 is 0 Å². The minimum absolute atomic E-state index is 0. The highest BCUT2D eigenvalue weighted by molar-refractivity contribution is 5.85. The fraction of sp³-hybridized carbons (Fsp3) is 0.750. The molecule has 1 aliphatic rings. The smallest absolute Gasteiger partial charge is 0.227 e. The number of hydrogen-bond acceptors (Lipinski definition) is 4. The van der Waals surface area contributed by atoms with E-state index in [0.29, 0.717) is 31.8 Å². The molecule has 1 aromatic heterocycles. The normalized spacial score (nSPS) is 16.8. The van der Waals surface area contributed by atoms with Crippen LogP contribution in [0.15, 0.2) is 0 Å². The third kappa shape index (κ3) is 6.48. The summed E-state index contributed by atoms with van der Waals surface area (Å²) in [7, 11) is 0. The molecule has 7 nitrogen and oxygen atoms in total. The van der Waals surface area contributed by atoms with Crippen molar-refractivity contribution in [1.82, 2.24) is 20.0 Å². The standard InChI is InChI=1S/C20H35N5O2.ClH/c1-14(2)13-25-16(4)18(15(3)23-25)11-20(27)24-10-6-5-7-17(24)12-22-19(26)8-9-21;/h14,17H,5-13,21H2,1-4H3,(H,22,26);1H. The summed E-state index contributed by atoms with van der Waals surface area (Å²) < 4.78 is 2.02. The van der Waals surface area contributed by atoms with E-state index in [1.165, 1.54) is 0 Å². The van der Waals surface area contributed by atoms with Gasteiger partial charge in [-0.1, -0.05) is 13.8 Å². The second kappa shape index (κ2) is 11.4. The van der Waals surface area contributed by atoms with Gasteiger partial charge in [-0.3, -0.25) is 14.3 Å². The predicted octanol–water partition coefficient (Wildman–Crippen LogP) is 1.97. The third-order valence-electron chi connectivity index (χ3n) is 5.25. The Labute approximate surface area is 174 Å². The van der Waals surface area contributed by atoms with Gasteiger partial charge >= 0.3 is 0 Å². The molecule has 0 aromatic carbocycles. The van der Waals surface area contributed by atoms with Crippen molar-refractivity contribution >= 4 is 24.2 Å². The van der Waals surface area contributed by atoms with Crippen LogP contribution in [0.5, 0.6) is 0 Å². The van der Waals surface area contributed by atoms with E-state index in [1.807, 2.05) is 23.4 Å². The molecule has 0 aliphatic carbocycles. The second-order valence-electron chi connectivity index (χ2n) is 7.98. The largest absolute Gasteiger partial charge is 0.354 e. The first-order valence-corrected chi connectivity index (χ1v) is 10.1. The van der Waals surface area contributed by atoms with Crippen LogP contribution in [0.3, 0.4) is 0 Å². The van der Waals surface area contributed by atoms with E-state index in [-0.39, 0.29) is 30.3 Å². The van der Waals surface area contributed by atoms with Crippen molar-refractivity contribution in [2.75, 3.05) is 19.6 Å². The van der Waals surface area contributed by atoms with E-state index >= 15 is 0 Å². The molecule has 1 atom stereocenters. The van der Waals surface area contributed by atoms with Gasteiger partial charge in [0.05, 0.1) is 12.1 Å². The number of carbonyl (C=O) groups is 2. The maximum absolute atomic E-state index is 13.0. The number of nitrogens with two attached hydrogens (primary N) is 1. The van der Waals surface area contributed by atoms with Gasteiger partial charge < -0.3 is 16.0 Å². The number of rotatable bonds is 8. The fourth-order valence-electron chi connectivity index (χ4n) is 3.76. The van der Waals surface area contributed by atoms with Crippen molar-refractivity contribution in [2.45, 2.75) is 72.4 Å². The van der Waals surface area contributed by atoms with Gasteiger partial charge in [0.2, 0.25) is 11.8 Å². The molecule has 1 fully saturated rings. The number of piperidine rings is 1. The Bertz CT molecular complexity index is 659. The van der Waals surface area contributed by atoms with Crippen LogP contribution < -0.4 is 11.1 Å². The molecule has 1 aliphatic heterocycles. The average molecular weight is 414 g/mol. The lowest BCUT2D eigenvalue weighted by Crippen LogP contribution is -2.50. The number of likely N-dealkylation sites (tertiary alicyclic amines) is 1.